The number of azo groups is 1. The second-order valence-corrected chi connectivity index (χ2v) is 22.7. The highest BCUT2D eigenvalue weighted by molar-refractivity contribution is 5.87. The molecule has 5 aliphatic heterocycles. The van der Waals surface area contributed by atoms with Crippen LogP contribution in [-0.2, 0) is 0 Å². The van der Waals surface area contributed by atoms with E-state index in [-0.39, 0.29) is 27.8 Å². The number of anilines is 3. The van der Waals surface area contributed by atoms with Crippen molar-refractivity contribution in [3.05, 3.63) is 146 Å². The molecule has 0 radical (unpaired) electrons. The van der Waals surface area contributed by atoms with Gasteiger partial charge in [0.1, 0.15) is 34.8 Å². The van der Waals surface area contributed by atoms with Gasteiger partial charge in [-0.3, -0.25) is 10.1 Å². The molecule has 0 saturated carbocycles. The molecule has 0 spiro atoms. The van der Waals surface area contributed by atoms with E-state index in [1.54, 1.807) is 26.4 Å². The quantitative estimate of drug-likeness (QED) is 0.0608. The Labute approximate surface area is 456 Å². The van der Waals surface area contributed by atoms with Crippen LogP contribution in [0.4, 0.5) is 39.8 Å². The Hall–Kier alpha value is -7.54. The molecule has 13 heteroatoms. The van der Waals surface area contributed by atoms with Crippen LogP contribution in [0.3, 0.4) is 0 Å². The third-order valence-electron chi connectivity index (χ3n) is 15.6. The van der Waals surface area contributed by atoms with Crippen molar-refractivity contribution in [1.29, 1.82) is 0 Å². The lowest BCUT2D eigenvalue weighted by Gasteiger charge is -2.43. The lowest BCUT2D eigenvalue weighted by atomic mass is 9.88. The molecule has 0 N–H and O–H groups in total. The molecule has 404 valence electrons. The summed E-state index contributed by atoms with van der Waals surface area (Å²) in [6, 6.07) is 25.0. The Morgan fingerprint density at radius 3 is 1.66 bits per heavy atom. The van der Waals surface area contributed by atoms with Gasteiger partial charge in [-0.15, -0.1) is 5.11 Å². The predicted octanol–water partition coefficient (Wildman–Crippen LogP) is 15.2. The van der Waals surface area contributed by atoms with Gasteiger partial charge in [-0.05, 0) is 168 Å². The summed E-state index contributed by atoms with van der Waals surface area (Å²) in [5.41, 5.74) is 15.6. The van der Waals surface area contributed by atoms with Gasteiger partial charge in [-0.2, -0.15) is 5.11 Å². The van der Waals surface area contributed by atoms with Gasteiger partial charge in [0.05, 0.1) is 53.1 Å². The van der Waals surface area contributed by atoms with Crippen molar-refractivity contribution in [2.75, 3.05) is 55.1 Å². The SMILES string of the molecule is CCN1c2cc(OC)c(N=Nc3ccc([N+](=O)[O-])cc3)cc2C(C)=CC1(C)C.CCN1c2cc(OC)ccc2C(C)=CC1(C)C.CCN1c2cc3c(cc2C(C)=CC1(C)C)N=c1cc2c(cc1O3)=[N+](CC)C(C)(C)C=C2C. The molecule has 5 aromatic carbocycles. The molecule has 0 fully saturated rings. The maximum Gasteiger partial charge on any atom is 0.269 e. The van der Waals surface area contributed by atoms with Crippen molar-refractivity contribution in [1.82, 2.24) is 4.58 Å². The van der Waals surface area contributed by atoms with Gasteiger partial charge in [0.2, 0.25) is 5.36 Å². The van der Waals surface area contributed by atoms with E-state index in [0.717, 1.165) is 65.7 Å². The second-order valence-electron chi connectivity index (χ2n) is 22.7. The number of non-ortho nitro benzene ring substituents is 1. The van der Waals surface area contributed by atoms with E-state index < -0.39 is 4.92 Å². The first-order valence-corrected chi connectivity index (χ1v) is 27.0. The minimum atomic E-state index is -0.441. The van der Waals surface area contributed by atoms with Crippen LogP contribution in [0.1, 0.15) is 133 Å². The number of methoxy groups -OCH3 is 2. The minimum Gasteiger partial charge on any atom is -0.497 e. The summed E-state index contributed by atoms with van der Waals surface area (Å²) in [6.07, 6.45) is 9.30. The molecule has 5 aliphatic rings. The van der Waals surface area contributed by atoms with Crippen molar-refractivity contribution in [3.8, 4) is 23.0 Å². The van der Waals surface area contributed by atoms with Crippen LogP contribution >= 0.6 is 0 Å². The smallest absolute Gasteiger partial charge is 0.269 e. The fourth-order valence-electron chi connectivity index (χ4n) is 12.4. The van der Waals surface area contributed by atoms with E-state index in [2.05, 4.69) is 201 Å². The zero-order valence-electron chi connectivity index (χ0n) is 48.8. The van der Waals surface area contributed by atoms with E-state index in [1.165, 1.54) is 67.8 Å². The first kappa shape index (κ1) is 55.7. The molecule has 0 unspecified atom stereocenters. The Morgan fingerprint density at radius 2 is 1.13 bits per heavy atom. The molecule has 13 nitrogen and oxygen atoms in total. The first-order valence-electron chi connectivity index (χ1n) is 27.0. The molecule has 5 heterocycles. The Kier molecular flexibility index (Phi) is 15.3. The lowest BCUT2D eigenvalue weighted by Crippen LogP contribution is -2.49. The Balaban J connectivity index is 0.000000160. The van der Waals surface area contributed by atoms with Crippen LogP contribution in [0.15, 0.2) is 118 Å². The van der Waals surface area contributed by atoms with Crippen molar-refractivity contribution < 1.29 is 19.1 Å². The van der Waals surface area contributed by atoms with Crippen LogP contribution in [0, 0.1) is 10.1 Å². The molecule has 0 aromatic heterocycles. The fourth-order valence-corrected chi connectivity index (χ4v) is 12.4. The number of hydrogen-bond donors (Lipinski definition) is 0. The highest BCUT2D eigenvalue weighted by Crippen LogP contribution is 2.48. The van der Waals surface area contributed by atoms with E-state index in [4.69, 9.17) is 19.2 Å². The molecule has 77 heavy (non-hydrogen) atoms. The number of benzene rings is 5. The molecule has 0 amide bonds. The predicted molar refractivity (Wildman–Crippen MR) is 318 cm³/mol. The van der Waals surface area contributed by atoms with Gasteiger partial charge in [0, 0.05) is 97.6 Å². The topological polar surface area (TPSA) is 121 Å². The highest BCUT2D eigenvalue weighted by atomic mass is 16.6. The fraction of sp³-hybridized carbons (Fsp3) is 0.406. The van der Waals surface area contributed by atoms with Crippen LogP contribution < -0.4 is 44.2 Å². The maximum absolute atomic E-state index is 10.8. The number of ether oxygens (including phenoxy) is 3. The molecule has 0 bridgehead atoms. The van der Waals surface area contributed by atoms with E-state index in [9.17, 15) is 10.1 Å². The van der Waals surface area contributed by atoms with Gasteiger partial charge in [-0.1, -0.05) is 18.2 Å². The zero-order chi connectivity index (χ0) is 56.1. The van der Waals surface area contributed by atoms with Gasteiger partial charge in [-0.25, -0.2) is 9.57 Å². The number of nitro benzene ring substituents is 1. The van der Waals surface area contributed by atoms with Crippen LogP contribution in [0.25, 0.3) is 22.3 Å². The second kappa shape index (κ2) is 21.1. The third kappa shape index (κ3) is 10.7. The molecule has 0 atom stereocenters. The first-order chi connectivity index (χ1) is 36.3. The Morgan fingerprint density at radius 1 is 0.597 bits per heavy atom. The molecule has 0 saturated heterocycles. The maximum atomic E-state index is 10.8. The monoisotopic (exact) mass is 1040 g/mol. The minimum absolute atomic E-state index is 0.0216. The van der Waals surface area contributed by atoms with Gasteiger partial charge in [0.15, 0.2) is 17.0 Å². The van der Waals surface area contributed by atoms with E-state index in [1.807, 2.05) is 18.2 Å². The van der Waals surface area contributed by atoms with Gasteiger partial charge in [0.25, 0.3) is 5.69 Å². The van der Waals surface area contributed by atoms with Crippen molar-refractivity contribution in [2.45, 2.75) is 133 Å². The zero-order valence-corrected chi connectivity index (χ0v) is 48.8. The van der Waals surface area contributed by atoms with E-state index in [0.29, 0.717) is 17.1 Å². The van der Waals surface area contributed by atoms with Crippen molar-refractivity contribution in [2.24, 2.45) is 15.2 Å². The molecular weight excluding hydrogens is 961 g/mol. The lowest BCUT2D eigenvalue weighted by molar-refractivity contribution is -0.384. The number of nitrogens with zero attached hydrogens (tertiary/aromatic N) is 8. The number of hydrogen-bond acceptors (Lipinski definition) is 11. The third-order valence-corrected chi connectivity index (χ3v) is 15.6. The number of fused-ring (bicyclic) bond motifs is 6. The summed E-state index contributed by atoms with van der Waals surface area (Å²) in [4.78, 5) is 22.6. The summed E-state index contributed by atoms with van der Waals surface area (Å²) < 4.78 is 19.8. The number of likely N-dealkylation sites (N-methyl/N-ethyl adjacent to an activating group) is 4. The highest BCUT2D eigenvalue weighted by Gasteiger charge is 2.36. The largest absolute Gasteiger partial charge is 0.497 e. The summed E-state index contributed by atoms with van der Waals surface area (Å²) in [7, 11) is 3.33. The number of nitro groups is 1. The standard InChI is InChI=1S/C28H34N3O.C21H24N4O3.C15H21NO/c1-9-30-23-13-25-21(11-19(23)17(3)15-27(30,5)6)29-22-12-20-18(4)16-28(7,8)31(10-2)24(20)14-26(22)32-25;1-6-24-19-12-20(28-5)18(11-17(19)14(2)13-21(24,3)4)23-22-15-7-9-16(10-8-15)25(26)27;1-6-16-14-9-12(17-5)7-8-13(14)11(2)10-15(16,3)4/h11-16H,9-10H2,1-8H3;7-13H,6H2,1-5H3;7-10H,6H2,1-5H3/q+1;;. The average Bonchev–Trinajstić information content (AvgIpc) is 3.36. The number of allylic oxidation sites excluding steroid dienone is 4. The van der Waals surface area contributed by atoms with Gasteiger partial charge < -0.3 is 28.9 Å². The number of rotatable bonds is 9. The normalized spacial score (nSPS) is 17.5. The summed E-state index contributed by atoms with van der Waals surface area (Å²) >= 11 is 0. The molecule has 10 rings (SSSR count). The van der Waals surface area contributed by atoms with Crippen LogP contribution in [0.2, 0.25) is 0 Å². The Bertz CT molecular complexity index is 3450. The average molecular weight is 1040 g/mol. The van der Waals surface area contributed by atoms with Crippen LogP contribution in [0.5, 0.6) is 23.0 Å². The molecule has 0 aliphatic carbocycles. The van der Waals surface area contributed by atoms with Crippen molar-refractivity contribution in [3.63, 3.8) is 0 Å². The van der Waals surface area contributed by atoms with Crippen LogP contribution in [-0.4, -0.2) is 67.5 Å². The van der Waals surface area contributed by atoms with E-state index >= 15 is 0 Å². The summed E-state index contributed by atoms with van der Waals surface area (Å²) in [6.45, 7) is 39.1. The summed E-state index contributed by atoms with van der Waals surface area (Å²) in [5.74, 6) is 3.23. The van der Waals surface area contributed by atoms with Crippen molar-refractivity contribution >= 4 is 62.1 Å². The summed E-state index contributed by atoms with van der Waals surface area (Å²) in [5, 5.41) is 21.4. The molecular formula is C64H79N8O5+. The van der Waals surface area contributed by atoms with Gasteiger partial charge >= 0.3 is 0 Å². The molecule has 5 aromatic rings.